The van der Waals surface area contributed by atoms with Crippen molar-refractivity contribution in [2.75, 3.05) is 19.6 Å². The van der Waals surface area contributed by atoms with Crippen LogP contribution in [0.15, 0.2) is 0 Å². The second-order valence-corrected chi connectivity index (χ2v) is 6.22. The van der Waals surface area contributed by atoms with Crippen molar-refractivity contribution >= 4 is 0 Å². The number of aliphatic hydroxyl groups is 1. The molecule has 1 aliphatic carbocycles. The van der Waals surface area contributed by atoms with Gasteiger partial charge in [0.05, 0.1) is 6.10 Å². The Morgan fingerprint density at radius 2 is 1.82 bits per heavy atom. The molecule has 100 valence electrons. The van der Waals surface area contributed by atoms with Crippen molar-refractivity contribution in [2.45, 2.75) is 64.4 Å². The van der Waals surface area contributed by atoms with E-state index < -0.39 is 0 Å². The molecule has 2 rings (SSSR count). The molecule has 2 heteroatoms. The van der Waals surface area contributed by atoms with Crippen molar-refractivity contribution < 1.29 is 5.11 Å². The molecule has 0 bridgehead atoms. The van der Waals surface area contributed by atoms with E-state index >= 15 is 0 Å². The highest BCUT2D eigenvalue weighted by Crippen LogP contribution is 2.29. The lowest BCUT2D eigenvalue weighted by Gasteiger charge is -2.33. The van der Waals surface area contributed by atoms with Crippen LogP contribution in [-0.4, -0.2) is 35.7 Å². The number of hydrogen-bond acceptors (Lipinski definition) is 2. The number of likely N-dealkylation sites (tertiary alicyclic amines) is 1. The Bertz CT molecular complexity index is 213. The van der Waals surface area contributed by atoms with Crippen molar-refractivity contribution in [2.24, 2.45) is 11.8 Å². The summed E-state index contributed by atoms with van der Waals surface area (Å²) >= 11 is 0. The molecule has 0 aromatic carbocycles. The lowest BCUT2D eigenvalue weighted by Crippen LogP contribution is -2.40. The fraction of sp³-hybridized carbons (Fsp3) is 1.00. The van der Waals surface area contributed by atoms with Gasteiger partial charge >= 0.3 is 0 Å². The highest BCUT2D eigenvalue weighted by Gasteiger charge is 2.23. The molecular weight excluding hydrogens is 210 g/mol. The van der Waals surface area contributed by atoms with Gasteiger partial charge in [-0.2, -0.15) is 0 Å². The van der Waals surface area contributed by atoms with Crippen LogP contribution in [0.1, 0.15) is 58.3 Å². The fourth-order valence-corrected chi connectivity index (χ4v) is 3.65. The summed E-state index contributed by atoms with van der Waals surface area (Å²) in [6, 6.07) is 0. The summed E-state index contributed by atoms with van der Waals surface area (Å²) in [4.78, 5) is 2.50. The summed E-state index contributed by atoms with van der Waals surface area (Å²) in [7, 11) is 0. The molecule has 2 unspecified atom stereocenters. The Labute approximate surface area is 106 Å². The van der Waals surface area contributed by atoms with Crippen molar-refractivity contribution in [3.05, 3.63) is 0 Å². The van der Waals surface area contributed by atoms with Crippen molar-refractivity contribution in [1.29, 1.82) is 0 Å². The average molecular weight is 239 g/mol. The number of nitrogens with zero attached hydrogens (tertiary/aromatic N) is 1. The van der Waals surface area contributed by atoms with Crippen LogP contribution in [0.2, 0.25) is 0 Å². The van der Waals surface area contributed by atoms with Crippen LogP contribution in [0.4, 0.5) is 0 Å². The SMILES string of the molecule is CCC1CCCN(CC(O)CC2CCCC2)C1. The maximum Gasteiger partial charge on any atom is 0.0669 e. The van der Waals surface area contributed by atoms with Crippen LogP contribution in [0.3, 0.4) is 0 Å². The molecule has 0 radical (unpaired) electrons. The predicted octanol–water partition coefficient (Wildman–Crippen LogP) is 3.05. The molecule has 1 heterocycles. The van der Waals surface area contributed by atoms with Gasteiger partial charge in [0.1, 0.15) is 0 Å². The summed E-state index contributed by atoms with van der Waals surface area (Å²) in [5.41, 5.74) is 0. The molecule has 1 N–H and O–H groups in total. The zero-order valence-electron chi connectivity index (χ0n) is 11.4. The van der Waals surface area contributed by atoms with E-state index in [1.165, 1.54) is 58.0 Å². The molecule has 2 atom stereocenters. The lowest BCUT2D eigenvalue weighted by atomic mass is 9.94. The van der Waals surface area contributed by atoms with Gasteiger partial charge in [0, 0.05) is 13.1 Å². The van der Waals surface area contributed by atoms with Crippen LogP contribution in [0.25, 0.3) is 0 Å². The second-order valence-electron chi connectivity index (χ2n) is 6.22. The van der Waals surface area contributed by atoms with Crippen molar-refractivity contribution in [3.63, 3.8) is 0 Å². The first-order valence-corrected chi connectivity index (χ1v) is 7.68. The second kappa shape index (κ2) is 6.75. The molecule has 0 spiro atoms. The summed E-state index contributed by atoms with van der Waals surface area (Å²) in [5, 5.41) is 10.2. The molecule has 0 aromatic rings. The summed E-state index contributed by atoms with van der Waals surface area (Å²) < 4.78 is 0. The first kappa shape index (κ1) is 13.4. The summed E-state index contributed by atoms with van der Waals surface area (Å²) in [6.45, 7) is 5.65. The highest BCUT2D eigenvalue weighted by molar-refractivity contribution is 4.77. The first-order valence-electron chi connectivity index (χ1n) is 7.68. The Hall–Kier alpha value is -0.0800. The van der Waals surface area contributed by atoms with Gasteiger partial charge in [-0.15, -0.1) is 0 Å². The van der Waals surface area contributed by atoms with E-state index in [9.17, 15) is 5.11 Å². The van der Waals surface area contributed by atoms with Gasteiger partial charge in [-0.3, -0.25) is 0 Å². The summed E-state index contributed by atoms with van der Waals surface area (Å²) in [5.74, 6) is 1.69. The minimum absolute atomic E-state index is 0.0753. The third kappa shape index (κ3) is 4.26. The zero-order valence-corrected chi connectivity index (χ0v) is 11.4. The number of rotatable bonds is 5. The van der Waals surface area contributed by atoms with E-state index in [-0.39, 0.29) is 6.10 Å². The molecule has 0 amide bonds. The smallest absolute Gasteiger partial charge is 0.0669 e. The van der Waals surface area contributed by atoms with Crippen LogP contribution in [0.5, 0.6) is 0 Å². The van der Waals surface area contributed by atoms with Gasteiger partial charge in [0.15, 0.2) is 0 Å². The third-order valence-electron chi connectivity index (χ3n) is 4.73. The van der Waals surface area contributed by atoms with Crippen molar-refractivity contribution in [3.8, 4) is 0 Å². The number of aliphatic hydroxyl groups excluding tert-OH is 1. The number of hydrogen-bond donors (Lipinski definition) is 1. The summed E-state index contributed by atoms with van der Waals surface area (Å²) in [6.07, 6.45) is 10.5. The van der Waals surface area contributed by atoms with Crippen molar-refractivity contribution in [1.82, 2.24) is 4.90 Å². The van der Waals surface area contributed by atoms with E-state index in [1.807, 2.05) is 0 Å². The molecule has 1 saturated carbocycles. The van der Waals surface area contributed by atoms with Gasteiger partial charge < -0.3 is 10.0 Å². The molecule has 1 aliphatic heterocycles. The van der Waals surface area contributed by atoms with E-state index in [0.717, 1.165) is 24.8 Å². The molecule has 2 aliphatic rings. The van der Waals surface area contributed by atoms with Gasteiger partial charge in [0.25, 0.3) is 0 Å². The van der Waals surface area contributed by atoms with Gasteiger partial charge in [0.2, 0.25) is 0 Å². The van der Waals surface area contributed by atoms with Gasteiger partial charge in [-0.05, 0) is 37.6 Å². The minimum atomic E-state index is -0.0753. The molecular formula is C15H29NO. The van der Waals surface area contributed by atoms with E-state index in [1.54, 1.807) is 0 Å². The van der Waals surface area contributed by atoms with Crippen LogP contribution in [-0.2, 0) is 0 Å². The topological polar surface area (TPSA) is 23.5 Å². The quantitative estimate of drug-likeness (QED) is 0.797. The fourth-order valence-electron chi connectivity index (χ4n) is 3.65. The van der Waals surface area contributed by atoms with Gasteiger partial charge in [-0.1, -0.05) is 39.0 Å². The number of piperidine rings is 1. The van der Waals surface area contributed by atoms with Crippen LogP contribution >= 0.6 is 0 Å². The van der Waals surface area contributed by atoms with Crippen LogP contribution < -0.4 is 0 Å². The monoisotopic (exact) mass is 239 g/mol. The number of β-amino-alcohol motifs (C(OH)–C–C–N with tert-alkyl or cyclic N) is 1. The lowest BCUT2D eigenvalue weighted by molar-refractivity contribution is 0.0685. The standard InChI is InChI=1S/C15H29NO/c1-2-13-8-5-9-16(11-13)12-15(17)10-14-6-3-4-7-14/h13-15,17H,2-12H2,1H3. The Balaban J connectivity index is 1.68. The first-order chi connectivity index (χ1) is 8.28. The third-order valence-corrected chi connectivity index (χ3v) is 4.73. The maximum absolute atomic E-state index is 10.2. The Kier molecular flexibility index (Phi) is 5.30. The Morgan fingerprint density at radius 3 is 2.53 bits per heavy atom. The normalized spacial score (nSPS) is 29.6. The van der Waals surface area contributed by atoms with E-state index in [0.29, 0.717) is 0 Å². The van der Waals surface area contributed by atoms with E-state index in [4.69, 9.17) is 0 Å². The Morgan fingerprint density at radius 1 is 1.12 bits per heavy atom. The predicted molar refractivity (Wildman–Crippen MR) is 72.0 cm³/mol. The zero-order chi connectivity index (χ0) is 12.1. The van der Waals surface area contributed by atoms with Crippen LogP contribution in [0, 0.1) is 11.8 Å². The molecule has 2 nitrogen and oxygen atoms in total. The average Bonchev–Trinajstić information content (AvgIpc) is 2.82. The minimum Gasteiger partial charge on any atom is -0.392 e. The maximum atomic E-state index is 10.2. The largest absolute Gasteiger partial charge is 0.392 e. The van der Waals surface area contributed by atoms with E-state index in [2.05, 4.69) is 11.8 Å². The van der Waals surface area contributed by atoms with Gasteiger partial charge in [-0.25, -0.2) is 0 Å². The molecule has 17 heavy (non-hydrogen) atoms. The molecule has 1 saturated heterocycles. The highest BCUT2D eigenvalue weighted by atomic mass is 16.3. The molecule has 0 aromatic heterocycles. The molecule has 2 fully saturated rings.